The van der Waals surface area contributed by atoms with Crippen LogP contribution in [0.2, 0.25) is 0 Å². The SMILES string of the molecule is CC(C)S(=O)(=O)c1ccccc1C(=O)C1=C(C2CC2)ON(Cl)C1. The van der Waals surface area contributed by atoms with Gasteiger partial charge in [-0.2, -0.15) is 0 Å². The highest BCUT2D eigenvalue weighted by molar-refractivity contribution is 7.92. The molecule has 0 radical (unpaired) electrons. The van der Waals surface area contributed by atoms with Crippen molar-refractivity contribution in [1.29, 1.82) is 0 Å². The number of sulfone groups is 1. The summed E-state index contributed by atoms with van der Waals surface area (Å²) in [5.74, 6) is 0.475. The van der Waals surface area contributed by atoms with Gasteiger partial charge in [-0.15, -0.1) is 0 Å². The fraction of sp³-hybridized carbons (Fsp3) is 0.438. The predicted octanol–water partition coefficient (Wildman–Crippen LogP) is 3.12. The lowest BCUT2D eigenvalue weighted by molar-refractivity contribution is -0.00914. The van der Waals surface area contributed by atoms with E-state index < -0.39 is 15.1 Å². The number of benzene rings is 1. The molecule has 23 heavy (non-hydrogen) atoms. The van der Waals surface area contributed by atoms with Gasteiger partial charge in [0.2, 0.25) is 0 Å². The largest absolute Gasteiger partial charge is 0.394 e. The van der Waals surface area contributed by atoms with Gasteiger partial charge in [-0.1, -0.05) is 12.1 Å². The summed E-state index contributed by atoms with van der Waals surface area (Å²) in [5, 5.41) is -0.599. The molecule has 0 amide bonds. The molecule has 1 aliphatic heterocycles. The number of carbonyl (C=O) groups excluding carboxylic acids is 1. The normalized spacial score (nSPS) is 19.3. The molecule has 1 heterocycles. The number of carbonyl (C=O) groups is 1. The van der Waals surface area contributed by atoms with Crippen molar-refractivity contribution in [3.63, 3.8) is 0 Å². The topological polar surface area (TPSA) is 63.7 Å². The van der Waals surface area contributed by atoms with E-state index in [-0.39, 0.29) is 28.7 Å². The van der Waals surface area contributed by atoms with Crippen LogP contribution in [-0.2, 0) is 14.7 Å². The molecule has 1 saturated carbocycles. The van der Waals surface area contributed by atoms with Crippen LogP contribution in [0.5, 0.6) is 0 Å². The number of nitrogens with zero attached hydrogens (tertiary/aromatic N) is 1. The number of rotatable bonds is 5. The molecule has 0 spiro atoms. The van der Waals surface area contributed by atoms with Gasteiger partial charge in [0.25, 0.3) is 0 Å². The second-order valence-corrected chi connectivity index (χ2v) is 8.95. The summed E-state index contributed by atoms with van der Waals surface area (Å²) < 4.78 is 26.2. The maximum Gasteiger partial charge on any atom is 0.195 e. The lowest BCUT2D eigenvalue weighted by Crippen LogP contribution is -2.19. The number of ketones is 1. The average Bonchev–Trinajstić information content (AvgIpc) is 3.28. The molecule has 3 rings (SSSR count). The smallest absolute Gasteiger partial charge is 0.195 e. The third-order valence-corrected chi connectivity index (χ3v) is 6.46. The van der Waals surface area contributed by atoms with Gasteiger partial charge in [0.15, 0.2) is 15.6 Å². The van der Waals surface area contributed by atoms with Crippen molar-refractivity contribution in [3.05, 3.63) is 41.2 Å². The van der Waals surface area contributed by atoms with Crippen LogP contribution in [0, 0.1) is 5.92 Å². The van der Waals surface area contributed by atoms with Crippen LogP contribution in [0.1, 0.15) is 37.0 Å². The molecule has 0 atom stereocenters. The first-order valence-corrected chi connectivity index (χ1v) is 9.42. The summed E-state index contributed by atoms with van der Waals surface area (Å²) in [4.78, 5) is 18.4. The summed E-state index contributed by atoms with van der Waals surface area (Å²) in [7, 11) is -3.55. The highest BCUT2D eigenvalue weighted by atomic mass is 35.5. The molecule has 1 aliphatic carbocycles. The van der Waals surface area contributed by atoms with Crippen LogP contribution in [-0.4, -0.2) is 30.6 Å². The highest BCUT2D eigenvalue weighted by Gasteiger charge is 2.39. The Labute approximate surface area is 140 Å². The molecule has 1 fully saturated rings. The Bertz CT molecular complexity index is 781. The van der Waals surface area contributed by atoms with E-state index in [0.29, 0.717) is 11.3 Å². The Kier molecular flexibility index (Phi) is 4.25. The van der Waals surface area contributed by atoms with Crippen LogP contribution in [0.3, 0.4) is 0 Å². The minimum Gasteiger partial charge on any atom is -0.394 e. The molecule has 7 heteroatoms. The van der Waals surface area contributed by atoms with Crippen molar-refractivity contribution in [2.75, 3.05) is 6.54 Å². The molecule has 0 N–H and O–H groups in total. The summed E-state index contributed by atoms with van der Waals surface area (Å²) in [6.45, 7) is 3.36. The molecule has 0 bridgehead atoms. The van der Waals surface area contributed by atoms with Crippen molar-refractivity contribution in [1.82, 2.24) is 4.58 Å². The summed E-state index contributed by atoms with van der Waals surface area (Å²) >= 11 is 5.88. The van der Waals surface area contributed by atoms with Gasteiger partial charge in [0.05, 0.1) is 22.3 Å². The maximum atomic E-state index is 12.9. The molecule has 0 saturated heterocycles. The summed E-state index contributed by atoms with van der Waals surface area (Å²) in [6.07, 6.45) is 1.92. The van der Waals surface area contributed by atoms with Gasteiger partial charge in [0, 0.05) is 23.3 Å². The van der Waals surface area contributed by atoms with Gasteiger partial charge in [-0.3, -0.25) is 4.79 Å². The summed E-state index contributed by atoms with van der Waals surface area (Å²) in [6, 6.07) is 6.32. The van der Waals surface area contributed by atoms with Crippen molar-refractivity contribution in [3.8, 4) is 0 Å². The monoisotopic (exact) mass is 355 g/mol. The van der Waals surface area contributed by atoms with E-state index in [1.807, 2.05) is 0 Å². The van der Waals surface area contributed by atoms with Crippen molar-refractivity contribution < 1.29 is 18.0 Å². The van der Waals surface area contributed by atoms with E-state index in [1.165, 1.54) is 6.07 Å². The zero-order valence-electron chi connectivity index (χ0n) is 13.0. The van der Waals surface area contributed by atoms with Crippen LogP contribution in [0.4, 0.5) is 0 Å². The Hall–Kier alpha value is -1.37. The molecule has 2 aliphatic rings. The van der Waals surface area contributed by atoms with Gasteiger partial charge in [-0.25, -0.2) is 8.42 Å². The first kappa shape index (κ1) is 16.5. The minimum absolute atomic E-state index is 0.0654. The third-order valence-electron chi connectivity index (χ3n) is 4.06. The Morgan fingerprint density at radius 3 is 2.57 bits per heavy atom. The second-order valence-electron chi connectivity index (χ2n) is 6.10. The standard InChI is InChI=1S/C16H18ClNO4S/c1-10(2)23(20,21)14-6-4-3-5-12(14)15(19)13-9-18(17)22-16(13)11-7-8-11/h3-6,10-11H,7-9H2,1-2H3. The van der Waals surface area contributed by atoms with E-state index in [9.17, 15) is 13.2 Å². The first-order valence-electron chi connectivity index (χ1n) is 7.54. The molecule has 0 unspecified atom stereocenters. The third kappa shape index (κ3) is 3.03. The van der Waals surface area contributed by atoms with Crippen LogP contribution < -0.4 is 0 Å². The predicted molar refractivity (Wildman–Crippen MR) is 86.5 cm³/mol. The van der Waals surface area contributed by atoms with Gasteiger partial charge < -0.3 is 4.84 Å². The lowest BCUT2D eigenvalue weighted by atomic mass is 10.0. The van der Waals surface area contributed by atoms with Crippen LogP contribution in [0.15, 0.2) is 40.5 Å². The Morgan fingerprint density at radius 1 is 1.30 bits per heavy atom. The van der Waals surface area contributed by atoms with Crippen LogP contribution >= 0.6 is 11.8 Å². The lowest BCUT2D eigenvalue weighted by Gasteiger charge is -2.12. The van der Waals surface area contributed by atoms with Crippen molar-refractivity contribution >= 4 is 27.4 Å². The number of Topliss-reactive ketones (excluding diaryl/α,β-unsaturated/α-hetero) is 1. The molecule has 0 aromatic heterocycles. The highest BCUT2D eigenvalue weighted by Crippen LogP contribution is 2.43. The van der Waals surface area contributed by atoms with E-state index >= 15 is 0 Å². The van der Waals surface area contributed by atoms with E-state index in [2.05, 4.69) is 0 Å². The van der Waals surface area contributed by atoms with Crippen molar-refractivity contribution in [2.24, 2.45) is 5.92 Å². The maximum absolute atomic E-state index is 12.9. The quantitative estimate of drug-likeness (QED) is 0.599. The van der Waals surface area contributed by atoms with E-state index in [1.54, 1.807) is 32.0 Å². The summed E-state index contributed by atoms with van der Waals surface area (Å²) in [5.41, 5.74) is 0.638. The average molecular weight is 356 g/mol. The molecule has 1 aromatic rings. The number of hydroxylamine groups is 1. The number of halogens is 1. The zero-order valence-corrected chi connectivity index (χ0v) is 14.5. The van der Waals surface area contributed by atoms with Gasteiger partial charge in [-0.05, 0) is 43.4 Å². The minimum atomic E-state index is -3.55. The second kappa shape index (κ2) is 5.92. The van der Waals surface area contributed by atoms with Crippen LogP contribution in [0.25, 0.3) is 0 Å². The molecular formula is C16H18ClNO4S. The number of allylic oxidation sites excluding steroid dienone is 1. The van der Waals surface area contributed by atoms with Gasteiger partial charge >= 0.3 is 0 Å². The fourth-order valence-corrected chi connectivity index (χ4v) is 4.00. The Morgan fingerprint density at radius 2 is 1.96 bits per heavy atom. The molecule has 5 nitrogen and oxygen atoms in total. The fourth-order valence-electron chi connectivity index (χ4n) is 2.57. The number of hydrogen-bond acceptors (Lipinski definition) is 5. The van der Waals surface area contributed by atoms with E-state index in [0.717, 1.165) is 17.4 Å². The molecule has 124 valence electrons. The molecule has 1 aromatic carbocycles. The zero-order chi connectivity index (χ0) is 16.8. The first-order chi connectivity index (χ1) is 10.8. The Balaban J connectivity index is 2.06. The number of hydrogen-bond donors (Lipinski definition) is 0. The van der Waals surface area contributed by atoms with E-state index in [4.69, 9.17) is 16.6 Å². The van der Waals surface area contributed by atoms with Gasteiger partial charge in [0.1, 0.15) is 5.76 Å². The van der Waals surface area contributed by atoms with Crippen molar-refractivity contribution in [2.45, 2.75) is 36.8 Å². The molecular weight excluding hydrogens is 338 g/mol.